The van der Waals surface area contributed by atoms with E-state index < -0.39 is 0 Å². The maximum Gasteiger partial charge on any atom is 0.194 e. The van der Waals surface area contributed by atoms with Crippen LogP contribution in [0, 0.1) is 0 Å². The van der Waals surface area contributed by atoms with Crippen molar-refractivity contribution in [2.45, 2.75) is 25.7 Å². The number of ketones is 1. The molecule has 1 N–H and O–H groups in total. The second kappa shape index (κ2) is 9.55. The number of fused-ring (bicyclic) bond motifs is 2. The number of ether oxygens (including phenoxy) is 1. The van der Waals surface area contributed by atoms with Gasteiger partial charge in [-0.3, -0.25) is 4.79 Å². The molecule has 0 saturated carbocycles. The molecule has 30 heavy (non-hydrogen) atoms. The third-order valence-electron chi connectivity index (χ3n) is 5.47. The van der Waals surface area contributed by atoms with E-state index in [0.29, 0.717) is 12.2 Å². The van der Waals surface area contributed by atoms with Crippen molar-refractivity contribution in [3.63, 3.8) is 0 Å². The highest BCUT2D eigenvalue weighted by Gasteiger charge is 2.16. The number of carbonyl (C=O) groups excluding carboxylic acids is 1. The van der Waals surface area contributed by atoms with Gasteiger partial charge in [-0.15, -0.1) is 0 Å². The summed E-state index contributed by atoms with van der Waals surface area (Å²) in [5.74, 6) is 0.834. The number of benzene rings is 4. The van der Waals surface area contributed by atoms with Gasteiger partial charge < -0.3 is 9.84 Å². The molecule has 0 aliphatic carbocycles. The number of unbranched alkanes of at least 4 members (excludes halogenated alkanes) is 3. The molecule has 4 rings (SSSR count). The first-order chi connectivity index (χ1) is 14.8. The number of hydrogen-bond donors (Lipinski definition) is 1. The lowest BCUT2D eigenvalue weighted by Crippen LogP contribution is -2.04. The minimum Gasteiger partial charge on any atom is -0.493 e. The van der Waals surface area contributed by atoms with Gasteiger partial charge in [0, 0.05) is 23.1 Å². The maximum absolute atomic E-state index is 13.5. The quantitative estimate of drug-likeness (QED) is 0.271. The van der Waals surface area contributed by atoms with Crippen molar-refractivity contribution in [1.82, 2.24) is 0 Å². The third kappa shape index (κ3) is 4.22. The summed E-state index contributed by atoms with van der Waals surface area (Å²) < 4.78 is 6.04. The predicted molar refractivity (Wildman–Crippen MR) is 122 cm³/mol. The van der Waals surface area contributed by atoms with E-state index in [9.17, 15) is 4.79 Å². The number of rotatable bonds is 9. The molecule has 4 aromatic carbocycles. The van der Waals surface area contributed by atoms with E-state index in [1.807, 2.05) is 78.9 Å². The minimum absolute atomic E-state index is 0.0264. The molecule has 0 radical (unpaired) electrons. The second-order valence-corrected chi connectivity index (χ2v) is 7.50. The number of aliphatic hydroxyl groups excluding tert-OH is 1. The molecule has 0 saturated heterocycles. The average Bonchev–Trinajstić information content (AvgIpc) is 2.80. The second-order valence-electron chi connectivity index (χ2n) is 7.50. The van der Waals surface area contributed by atoms with Crippen molar-refractivity contribution in [1.29, 1.82) is 0 Å². The van der Waals surface area contributed by atoms with E-state index in [0.717, 1.165) is 58.5 Å². The van der Waals surface area contributed by atoms with Gasteiger partial charge in [-0.2, -0.15) is 0 Å². The average molecular weight is 399 g/mol. The Labute approximate surface area is 176 Å². The highest BCUT2D eigenvalue weighted by Crippen LogP contribution is 2.31. The molecule has 0 amide bonds. The number of hydrogen-bond acceptors (Lipinski definition) is 3. The number of aliphatic hydroxyl groups is 1. The SMILES string of the molecule is O=C(c1cccc2ccccc12)c1ccc(OCCCCCCO)c2ccccc12. The molecule has 4 aromatic rings. The molecular weight excluding hydrogens is 372 g/mol. The van der Waals surface area contributed by atoms with Gasteiger partial charge in [0.15, 0.2) is 5.78 Å². The standard InChI is InChI=1S/C27H26O3/c28-18-7-1-2-8-19-30-26-17-16-25(22-13-5-6-14-23(22)26)27(29)24-15-9-11-20-10-3-4-12-21(20)24/h3-6,9-17,28H,1-2,7-8,18-19H2. The third-order valence-corrected chi connectivity index (χ3v) is 5.47. The van der Waals surface area contributed by atoms with Gasteiger partial charge in [-0.25, -0.2) is 0 Å². The molecule has 0 bridgehead atoms. The van der Waals surface area contributed by atoms with Crippen LogP contribution in [0.2, 0.25) is 0 Å². The maximum atomic E-state index is 13.5. The van der Waals surface area contributed by atoms with Crippen molar-refractivity contribution >= 4 is 27.3 Å². The lowest BCUT2D eigenvalue weighted by atomic mass is 9.93. The molecule has 3 nitrogen and oxygen atoms in total. The monoisotopic (exact) mass is 398 g/mol. The summed E-state index contributed by atoms with van der Waals surface area (Å²) in [7, 11) is 0. The molecule has 0 heterocycles. The minimum atomic E-state index is 0.0264. The summed E-state index contributed by atoms with van der Waals surface area (Å²) in [5.41, 5.74) is 1.41. The summed E-state index contributed by atoms with van der Waals surface area (Å²) in [5, 5.41) is 12.8. The van der Waals surface area contributed by atoms with Crippen LogP contribution >= 0.6 is 0 Å². The Morgan fingerprint density at radius 2 is 1.33 bits per heavy atom. The Balaban J connectivity index is 1.63. The van der Waals surface area contributed by atoms with Crippen molar-refractivity contribution < 1.29 is 14.6 Å². The molecule has 0 aliphatic heterocycles. The molecule has 0 unspecified atom stereocenters. The van der Waals surface area contributed by atoms with E-state index >= 15 is 0 Å². The first kappa shape index (κ1) is 20.1. The van der Waals surface area contributed by atoms with Gasteiger partial charge >= 0.3 is 0 Å². The van der Waals surface area contributed by atoms with E-state index in [4.69, 9.17) is 9.84 Å². The van der Waals surface area contributed by atoms with Crippen LogP contribution < -0.4 is 4.74 Å². The Hall–Kier alpha value is -3.17. The van der Waals surface area contributed by atoms with Crippen molar-refractivity contribution in [3.8, 4) is 5.75 Å². The van der Waals surface area contributed by atoms with E-state index in [1.54, 1.807) is 0 Å². The molecule has 0 aromatic heterocycles. The lowest BCUT2D eigenvalue weighted by molar-refractivity contribution is 0.104. The summed E-state index contributed by atoms with van der Waals surface area (Å²) in [4.78, 5) is 13.5. The van der Waals surface area contributed by atoms with Crippen LogP contribution in [0.25, 0.3) is 21.5 Å². The normalized spacial score (nSPS) is 11.1. The predicted octanol–water partition coefficient (Wildman–Crippen LogP) is 6.16. The van der Waals surface area contributed by atoms with Crippen LogP contribution in [0.5, 0.6) is 5.75 Å². The lowest BCUT2D eigenvalue weighted by Gasteiger charge is -2.13. The zero-order valence-corrected chi connectivity index (χ0v) is 17.0. The highest BCUT2D eigenvalue weighted by atomic mass is 16.5. The van der Waals surface area contributed by atoms with Crippen LogP contribution in [-0.4, -0.2) is 24.1 Å². The van der Waals surface area contributed by atoms with Crippen LogP contribution in [0.3, 0.4) is 0 Å². The van der Waals surface area contributed by atoms with E-state index in [-0.39, 0.29) is 12.4 Å². The molecule has 0 spiro atoms. The van der Waals surface area contributed by atoms with Crippen LogP contribution in [0.15, 0.2) is 78.9 Å². The molecule has 152 valence electrons. The molecular formula is C27H26O3. The molecule has 0 aliphatic rings. The summed E-state index contributed by atoms with van der Waals surface area (Å²) in [6.07, 6.45) is 3.84. The Morgan fingerprint density at radius 3 is 2.17 bits per heavy atom. The zero-order valence-electron chi connectivity index (χ0n) is 17.0. The molecule has 0 atom stereocenters. The van der Waals surface area contributed by atoms with Crippen molar-refractivity contribution in [3.05, 3.63) is 90.0 Å². The van der Waals surface area contributed by atoms with Crippen LogP contribution in [0.1, 0.15) is 41.6 Å². The first-order valence-corrected chi connectivity index (χ1v) is 10.6. The van der Waals surface area contributed by atoms with Crippen molar-refractivity contribution in [2.24, 2.45) is 0 Å². The molecule has 3 heteroatoms. The van der Waals surface area contributed by atoms with Gasteiger partial charge in [0.05, 0.1) is 6.61 Å². The Morgan fingerprint density at radius 1 is 0.667 bits per heavy atom. The van der Waals surface area contributed by atoms with Gasteiger partial charge in [-0.1, -0.05) is 73.2 Å². The van der Waals surface area contributed by atoms with E-state index in [1.165, 1.54) is 0 Å². The Kier molecular flexibility index (Phi) is 6.41. The topological polar surface area (TPSA) is 46.5 Å². The van der Waals surface area contributed by atoms with Crippen LogP contribution in [-0.2, 0) is 0 Å². The van der Waals surface area contributed by atoms with Gasteiger partial charge in [-0.05, 0) is 47.6 Å². The smallest absolute Gasteiger partial charge is 0.194 e. The zero-order chi connectivity index (χ0) is 20.8. The summed E-state index contributed by atoms with van der Waals surface area (Å²) >= 11 is 0. The van der Waals surface area contributed by atoms with Crippen LogP contribution in [0.4, 0.5) is 0 Å². The summed E-state index contributed by atoms with van der Waals surface area (Å²) in [6, 6.07) is 25.6. The fourth-order valence-corrected chi connectivity index (χ4v) is 3.91. The highest BCUT2D eigenvalue weighted by molar-refractivity contribution is 6.21. The summed E-state index contributed by atoms with van der Waals surface area (Å²) in [6.45, 7) is 0.879. The van der Waals surface area contributed by atoms with Gasteiger partial charge in [0.1, 0.15) is 5.75 Å². The molecule has 0 fully saturated rings. The number of carbonyl (C=O) groups is 1. The fourth-order valence-electron chi connectivity index (χ4n) is 3.91. The van der Waals surface area contributed by atoms with Gasteiger partial charge in [0.2, 0.25) is 0 Å². The first-order valence-electron chi connectivity index (χ1n) is 10.6. The van der Waals surface area contributed by atoms with Crippen molar-refractivity contribution in [2.75, 3.05) is 13.2 Å². The Bertz CT molecular complexity index is 1160. The fraction of sp³-hybridized carbons (Fsp3) is 0.222. The van der Waals surface area contributed by atoms with Gasteiger partial charge in [0.25, 0.3) is 0 Å². The largest absolute Gasteiger partial charge is 0.493 e. The van der Waals surface area contributed by atoms with E-state index in [2.05, 4.69) is 0 Å².